The number of para-hydroxylation sites is 1. The molecule has 10 heteroatoms. The van der Waals surface area contributed by atoms with Gasteiger partial charge in [0.2, 0.25) is 5.95 Å². The standard InChI is InChI=1S/C31H27N5O4S/c1-21-11-13-24(34-30(37)22-12-14-28(40-2)29(18-22)41(3,38)39)19-27(21)36(25-9-5-4-6-10-25)31-33-17-15-26(35-31)23-8-7-16-32-20-23/h4-20H,1-3H3,(H,34,37). The SMILES string of the molecule is COc1ccc(C(=O)Nc2ccc(C)c(N(c3ccccc3)c3nccc(-c4cccnc4)n3)c2)cc1S(C)(=O)=O. The normalized spacial score (nSPS) is 11.1. The number of hydrogen-bond donors (Lipinski definition) is 1. The highest BCUT2D eigenvalue weighted by atomic mass is 32.2. The van der Waals surface area contributed by atoms with Gasteiger partial charge in [-0.05, 0) is 73.2 Å². The van der Waals surface area contributed by atoms with Gasteiger partial charge in [-0.1, -0.05) is 24.3 Å². The molecule has 5 rings (SSSR count). The van der Waals surface area contributed by atoms with Crippen molar-refractivity contribution in [2.24, 2.45) is 0 Å². The van der Waals surface area contributed by atoms with E-state index in [0.29, 0.717) is 17.3 Å². The van der Waals surface area contributed by atoms with Crippen LogP contribution in [0.1, 0.15) is 15.9 Å². The van der Waals surface area contributed by atoms with Crippen LogP contribution in [-0.2, 0) is 9.84 Å². The second-order valence-corrected chi connectivity index (χ2v) is 11.2. The van der Waals surface area contributed by atoms with Gasteiger partial charge >= 0.3 is 0 Å². The van der Waals surface area contributed by atoms with Gasteiger partial charge in [-0.2, -0.15) is 0 Å². The Bertz CT molecular complexity index is 1810. The molecule has 5 aromatic rings. The van der Waals surface area contributed by atoms with Crippen molar-refractivity contribution in [3.63, 3.8) is 0 Å². The molecular formula is C31H27N5O4S. The zero-order valence-electron chi connectivity index (χ0n) is 22.6. The molecule has 0 aliphatic carbocycles. The monoisotopic (exact) mass is 565 g/mol. The fourth-order valence-electron chi connectivity index (χ4n) is 4.31. The van der Waals surface area contributed by atoms with Gasteiger partial charge < -0.3 is 10.1 Å². The molecule has 0 saturated heterocycles. The summed E-state index contributed by atoms with van der Waals surface area (Å²) >= 11 is 0. The van der Waals surface area contributed by atoms with E-state index in [1.165, 1.54) is 25.3 Å². The third-order valence-corrected chi connectivity index (χ3v) is 7.47. The summed E-state index contributed by atoms with van der Waals surface area (Å²) in [5.74, 6) is 0.152. The first-order valence-electron chi connectivity index (χ1n) is 12.6. The molecule has 0 aliphatic heterocycles. The molecule has 0 atom stereocenters. The third-order valence-electron chi connectivity index (χ3n) is 6.35. The zero-order chi connectivity index (χ0) is 29.0. The number of benzene rings is 3. The fourth-order valence-corrected chi connectivity index (χ4v) is 5.17. The molecule has 1 N–H and O–H groups in total. The van der Waals surface area contributed by atoms with Crippen molar-refractivity contribution >= 4 is 38.8 Å². The molecule has 2 heterocycles. The van der Waals surface area contributed by atoms with Crippen LogP contribution in [0, 0.1) is 6.92 Å². The minimum absolute atomic E-state index is 0.0573. The van der Waals surface area contributed by atoms with E-state index in [9.17, 15) is 13.2 Å². The molecule has 9 nitrogen and oxygen atoms in total. The average molecular weight is 566 g/mol. The summed E-state index contributed by atoms with van der Waals surface area (Å²) in [6.45, 7) is 1.96. The van der Waals surface area contributed by atoms with Crippen LogP contribution in [0.3, 0.4) is 0 Å². The largest absolute Gasteiger partial charge is 0.495 e. The molecule has 0 aliphatic rings. The minimum Gasteiger partial charge on any atom is -0.495 e. The molecule has 2 aromatic heterocycles. The molecule has 0 unspecified atom stereocenters. The lowest BCUT2D eigenvalue weighted by atomic mass is 10.1. The number of pyridine rings is 1. The lowest BCUT2D eigenvalue weighted by Gasteiger charge is -2.25. The Morgan fingerprint density at radius 3 is 2.44 bits per heavy atom. The van der Waals surface area contributed by atoms with Crippen LogP contribution in [-0.4, -0.2) is 42.6 Å². The molecule has 0 bridgehead atoms. The molecule has 0 radical (unpaired) electrons. The van der Waals surface area contributed by atoms with Gasteiger partial charge in [0.15, 0.2) is 9.84 Å². The Kier molecular flexibility index (Phi) is 7.75. The number of rotatable bonds is 8. The second-order valence-electron chi connectivity index (χ2n) is 9.25. The summed E-state index contributed by atoms with van der Waals surface area (Å²) < 4.78 is 29.7. The van der Waals surface area contributed by atoms with Crippen LogP contribution in [0.5, 0.6) is 5.75 Å². The maximum Gasteiger partial charge on any atom is 0.255 e. The Balaban J connectivity index is 1.54. The van der Waals surface area contributed by atoms with E-state index in [0.717, 1.165) is 28.8 Å². The molecule has 0 spiro atoms. The Labute approximate surface area is 238 Å². The summed E-state index contributed by atoms with van der Waals surface area (Å²) in [5.41, 5.74) is 4.77. The molecule has 0 saturated carbocycles. The highest BCUT2D eigenvalue weighted by molar-refractivity contribution is 7.90. The molecule has 0 fully saturated rings. The number of sulfone groups is 1. The highest BCUT2D eigenvalue weighted by Crippen LogP contribution is 2.36. The summed E-state index contributed by atoms with van der Waals surface area (Å²) in [7, 11) is -2.23. The van der Waals surface area contributed by atoms with Crippen molar-refractivity contribution in [2.75, 3.05) is 23.6 Å². The van der Waals surface area contributed by atoms with E-state index in [2.05, 4.69) is 15.3 Å². The maximum atomic E-state index is 13.2. The summed E-state index contributed by atoms with van der Waals surface area (Å²) in [4.78, 5) is 28.7. The van der Waals surface area contributed by atoms with Gasteiger partial charge in [-0.15, -0.1) is 0 Å². The van der Waals surface area contributed by atoms with Gasteiger partial charge in [0, 0.05) is 47.3 Å². The van der Waals surface area contributed by atoms with Crippen LogP contribution in [0.15, 0.2) is 108 Å². The number of ether oxygens (including phenoxy) is 1. The van der Waals surface area contributed by atoms with Crippen molar-refractivity contribution in [1.82, 2.24) is 15.0 Å². The summed E-state index contributed by atoms with van der Waals surface area (Å²) in [6, 6.07) is 25.1. The van der Waals surface area contributed by atoms with Gasteiger partial charge in [-0.25, -0.2) is 18.4 Å². The van der Waals surface area contributed by atoms with Crippen LogP contribution >= 0.6 is 0 Å². The van der Waals surface area contributed by atoms with Crippen molar-refractivity contribution in [1.29, 1.82) is 0 Å². The third kappa shape index (κ3) is 6.07. The Morgan fingerprint density at radius 1 is 0.927 bits per heavy atom. The maximum absolute atomic E-state index is 13.2. The van der Waals surface area contributed by atoms with E-state index in [1.54, 1.807) is 24.7 Å². The lowest BCUT2D eigenvalue weighted by molar-refractivity contribution is 0.102. The van der Waals surface area contributed by atoms with Gasteiger partial charge in [0.25, 0.3) is 5.91 Å². The molecular weight excluding hydrogens is 538 g/mol. The first-order valence-corrected chi connectivity index (χ1v) is 14.5. The van der Waals surface area contributed by atoms with Gasteiger partial charge in [0.1, 0.15) is 10.6 Å². The summed E-state index contributed by atoms with van der Waals surface area (Å²) in [6.07, 6.45) is 6.22. The van der Waals surface area contributed by atoms with E-state index < -0.39 is 15.7 Å². The number of nitrogens with one attached hydrogen (secondary N) is 1. The predicted molar refractivity (Wildman–Crippen MR) is 159 cm³/mol. The van der Waals surface area contributed by atoms with Crippen molar-refractivity contribution < 1.29 is 17.9 Å². The Morgan fingerprint density at radius 2 is 1.73 bits per heavy atom. The molecule has 41 heavy (non-hydrogen) atoms. The van der Waals surface area contributed by atoms with Gasteiger partial charge in [-0.3, -0.25) is 14.7 Å². The predicted octanol–water partition coefficient (Wildman–Crippen LogP) is 5.98. The number of anilines is 4. The Hall–Kier alpha value is -5.09. The second kappa shape index (κ2) is 11.6. The highest BCUT2D eigenvalue weighted by Gasteiger charge is 2.20. The smallest absolute Gasteiger partial charge is 0.255 e. The van der Waals surface area contributed by atoms with E-state index >= 15 is 0 Å². The molecule has 1 amide bonds. The topological polar surface area (TPSA) is 114 Å². The number of hydrogen-bond acceptors (Lipinski definition) is 8. The van der Waals surface area contributed by atoms with Crippen LogP contribution in [0.25, 0.3) is 11.3 Å². The number of amides is 1. The van der Waals surface area contributed by atoms with Crippen molar-refractivity contribution in [3.8, 4) is 17.0 Å². The lowest BCUT2D eigenvalue weighted by Crippen LogP contribution is -2.16. The number of carbonyl (C=O) groups is 1. The number of carbonyl (C=O) groups excluding carboxylic acids is 1. The van der Waals surface area contributed by atoms with E-state index in [-0.39, 0.29) is 16.2 Å². The number of methoxy groups -OCH3 is 1. The number of aryl methyl sites for hydroxylation is 1. The molecule has 206 valence electrons. The fraction of sp³-hybridized carbons (Fsp3) is 0.0968. The minimum atomic E-state index is -3.61. The van der Waals surface area contributed by atoms with Crippen molar-refractivity contribution in [2.45, 2.75) is 11.8 Å². The number of aromatic nitrogens is 3. The van der Waals surface area contributed by atoms with E-state index in [1.807, 2.05) is 72.5 Å². The summed E-state index contributed by atoms with van der Waals surface area (Å²) in [5, 5.41) is 2.89. The van der Waals surface area contributed by atoms with Crippen LogP contribution in [0.4, 0.5) is 23.0 Å². The van der Waals surface area contributed by atoms with Gasteiger partial charge in [0.05, 0.1) is 18.5 Å². The zero-order valence-corrected chi connectivity index (χ0v) is 23.5. The van der Waals surface area contributed by atoms with Crippen LogP contribution in [0.2, 0.25) is 0 Å². The van der Waals surface area contributed by atoms with E-state index in [4.69, 9.17) is 9.72 Å². The quantitative estimate of drug-likeness (QED) is 0.244. The van der Waals surface area contributed by atoms with Crippen LogP contribution < -0.4 is 15.0 Å². The van der Waals surface area contributed by atoms with Crippen molar-refractivity contribution in [3.05, 3.63) is 115 Å². The number of nitrogens with zero attached hydrogens (tertiary/aromatic N) is 4. The first kappa shape index (κ1) is 27.5. The molecule has 3 aromatic carbocycles. The average Bonchev–Trinajstić information content (AvgIpc) is 2.99. The first-order chi connectivity index (χ1) is 19.7.